The van der Waals surface area contributed by atoms with Crippen LogP contribution in [0.15, 0.2) is 24.3 Å². The Morgan fingerprint density at radius 1 is 0.833 bits per heavy atom. The van der Waals surface area contributed by atoms with E-state index in [4.69, 9.17) is 0 Å². The molecule has 1 aromatic carbocycles. The molecule has 0 atom stereocenters. The third-order valence-corrected chi connectivity index (χ3v) is 4.35. The molecule has 0 saturated heterocycles. The molecular formula is C16H24Br2. The first-order chi connectivity index (χ1) is 8.80. The Bertz CT molecular complexity index is 299. The maximum Gasteiger partial charge on any atom is 0.00339 e. The smallest absolute Gasteiger partial charge is 0.00339 e. The number of aryl methyl sites for hydroxylation is 2. The predicted molar refractivity (Wildman–Crippen MR) is 89.1 cm³/mol. The van der Waals surface area contributed by atoms with E-state index in [1.165, 1.54) is 49.7 Å². The fraction of sp³-hybridized carbons (Fsp3) is 0.625. The Hall–Kier alpha value is 0.180. The monoisotopic (exact) mass is 374 g/mol. The lowest BCUT2D eigenvalue weighted by Gasteiger charge is -2.14. The quantitative estimate of drug-likeness (QED) is 0.481. The van der Waals surface area contributed by atoms with E-state index < -0.39 is 0 Å². The van der Waals surface area contributed by atoms with Crippen LogP contribution in [0, 0.1) is 5.92 Å². The summed E-state index contributed by atoms with van der Waals surface area (Å²) in [6.07, 6.45) is 7.55. The van der Waals surface area contributed by atoms with Gasteiger partial charge in [0.1, 0.15) is 0 Å². The average molecular weight is 376 g/mol. The van der Waals surface area contributed by atoms with Crippen LogP contribution in [0.1, 0.15) is 43.7 Å². The Morgan fingerprint density at radius 3 is 1.78 bits per heavy atom. The summed E-state index contributed by atoms with van der Waals surface area (Å²) in [6, 6.07) is 9.21. The highest BCUT2D eigenvalue weighted by Gasteiger charge is 2.07. The molecule has 0 aliphatic carbocycles. The van der Waals surface area contributed by atoms with E-state index in [1.807, 2.05) is 0 Å². The van der Waals surface area contributed by atoms with Gasteiger partial charge in [-0.25, -0.2) is 0 Å². The molecule has 0 saturated carbocycles. The van der Waals surface area contributed by atoms with Crippen molar-refractivity contribution in [2.24, 2.45) is 5.92 Å². The van der Waals surface area contributed by atoms with E-state index in [1.54, 1.807) is 0 Å². The lowest BCUT2D eigenvalue weighted by Crippen LogP contribution is -2.04. The number of benzene rings is 1. The highest BCUT2D eigenvalue weighted by molar-refractivity contribution is 9.09. The number of hydrogen-bond donors (Lipinski definition) is 0. The minimum Gasteiger partial charge on any atom is -0.0928 e. The Kier molecular flexibility index (Phi) is 9.04. The van der Waals surface area contributed by atoms with E-state index in [-0.39, 0.29) is 0 Å². The molecule has 1 rings (SSSR count). The van der Waals surface area contributed by atoms with Gasteiger partial charge in [-0.1, -0.05) is 69.5 Å². The van der Waals surface area contributed by atoms with Gasteiger partial charge in [-0.15, -0.1) is 0 Å². The molecule has 18 heavy (non-hydrogen) atoms. The molecule has 0 aromatic heterocycles. The van der Waals surface area contributed by atoms with Gasteiger partial charge in [-0.3, -0.25) is 0 Å². The second-order valence-corrected chi connectivity index (χ2v) is 6.51. The van der Waals surface area contributed by atoms with Crippen molar-refractivity contribution in [3.8, 4) is 0 Å². The second-order valence-electron chi connectivity index (χ2n) is 4.93. The van der Waals surface area contributed by atoms with E-state index in [0.717, 1.165) is 16.6 Å². The first-order valence-electron chi connectivity index (χ1n) is 6.99. The Morgan fingerprint density at radius 2 is 1.33 bits per heavy atom. The summed E-state index contributed by atoms with van der Waals surface area (Å²) in [6.45, 7) is 2.24. The van der Waals surface area contributed by atoms with E-state index >= 15 is 0 Å². The lowest BCUT2D eigenvalue weighted by molar-refractivity contribution is 0.465. The number of alkyl halides is 2. The van der Waals surface area contributed by atoms with Gasteiger partial charge in [-0.05, 0) is 49.1 Å². The van der Waals surface area contributed by atoms with Crippen LogP contribution in [0.25, 0.3) is 0 Å². The highest BCUT2D eigenvalue weighted by Crippen LogP contribution is 2.19. The molecule has 0 aliphatic rings. The summed E-state index contributed by atoms with van der Waals surface area (Å²) in [7, 11) is 0. The molecule has 0 amide bonds. The molecule has 0 bridgehead atoms. The van der Waals surface area contributed by atoms with Crippen LogP contribution < -0.4 is 0 Å². The summed E-state index contributed by atoms with van der Waals surface area (Å²) in [5.74, 6) is 0.846. The van der Waals surface area contributed by atoms with Crippen LogP contribution in [-0.2, 0) is 12.8 Å². The van der Waals surface area contributed by atoms with Gasteiger partial charge in [0.05, 0.1) is 0 Å². The zero-order valence-electron chi connectivity index (χ0n) is 11.3. The van der Waals surface area contributed by atoms with Crippen LogP contribution in [0.4, 0.5) is 0 Å². The molecule has 0 aliphatic heterocycles. The summed E-state index contributed by atoms with van der Waals surface area (Å²) in [5, 5.41) is 2.25. The summed E-state index contributed by atoms with van der Waals surface area (Å²) >= 11 is 7.12. The van der Waals surface area contributed by atoms with Crippen molar-refractivity contribution >= 4 is 31.9 Å². The molecular weight excluding hydrogens is 352 g/mol. The van der Waals surface area contributed by atoms with Gasteiger partial charge in [-0.2, -0.15) is 0 Å². The maximum absolute atomic E-state index is 3.56. The molecule has 0 nitrogen and oxygen atoms in total. The standard InChI is InChI=1S/C16H24Br2/c1-2-3-14-4-6-15(7-5-14)8-9-16(10-12-17)11-13-18/h4-7,16H,2-3,8-13H2,1H3. The van der Waals surface area contributed by atoms with Gasteiger partial charge >= 0.3 is 0 Å². The number of rotatable bonds is 9. The summed E-state index contributed by atoms with van der Waals surface area (Å²) < 4.78 is 0. The Balaban J connectivity index is 2.41. The van der Waals surface area contributed by atoms with Crippen molar-refractivity contribution in [2.75, 3.05) is 10.7 Å². The molecule has 2 heteroatoms. The van der Waals surface area contributed by atoms with Crippen LogP contribution in [0.2, 0.25) is 0 Å². The highest BCUT2D eigenvalue weighted by atomic mass is 79.9. The van der Waals surface area contributed by atoms with E-state index in [2.05, 4.69) is 63.0 Å². The lowest BCUT2D eigenvalue weighted by atomic mass is 9.94. The first kappa shape index (κ1) is 16.2. The topological polar surface area (TPSA) is 0 Å². The van der Waals surface area contributed by atoms with Crippen molar-refractivity contribution in [1.82, 2.24) is 0 Å². The largest absolute Gasteiger partial charge is 0.0928 e. The average Bonchev–Trinajstić information content (AvgIpc) is 2.38. The molecule has 0 unspecified atom stereocenters. The van der Waals surface area contributed by atoms with Crippen molar-refractivity contribution in [2.45, 2.75) is 45.4 Å². The van der Waals surface area contributed by atoms with Crippen LogP contribution in [0.5, 0.6) is 0 Å². The molecule has 0 fully saturated rings. The van der Waals surface area contributed by atoms with Gasteiger partial charge in [0.15, 0.2) is 0 Å². The summed E-state index contributed by atoms with van der Waals surface area (Å²) in [4.78, 5) is 0. The molecule has 0 spiro atoms. The van der Waals surface area contributed by atoms with Crippen molar-refractivity contribution < 1.29 is 0 Å². The van der Waals surface area contributed by atoms with Crippen molar-refractivity contribution in [3.63, 3.8) is 0 Å². The van der Waals surface area contributed by atoms with Gasteiger partial charge in [0.2, 0.25) is 0 Å². The summed E-state index contributed by atoms with van der Waals surface area (Å²) in [5.41, 5.74) is 2.96. The Labute approximate surface area is 129 Å². The minimum absolute atomic E-state index is 0.846. The number of halogens is 2. The second kappa shape index (κ2) is 10.0. The van der Waals surface area contributed by atoms with Gasteiger partial charge in [0, 0.05) is 10.7 Å². The van der Waals surface area contributed by atoms with Crippen LogP contribution >= 0.6 is 31.9 Å². The van der Waals surface area contributed by atoms with Crippen molar-refractivity contribution in [3.05, 3.63) is 35.4 Å². The zero-order chi connectivity index (χ0) is 13.2. The third-order valence-electron chi connectivity index (χ3n) is 3.44. The molecule has 0 heterocycles. The molecule has 0 N–H and O–H groups in total. The van der Waals surface area contributed by atoms with Crippen molar-refractivity contribution in [1.29, 1.82) is 0 Å². The fourth-order valence-corrected chi connectivity index (χ4v) is 3.57. The third kappa shape index (κ3) is 6.38. The van der Waals surface area contributed by atoms with Crippen LogP contribution in [0.3, 0.4) is 0 Å². The zero-order valence-corrected chi connectivity index (χ0v) is 14.5. The fourth-order valence-electron chi connectivity index (χ4n) is 2.27. The predicted octanol–water partition coefficient (Wildman–Crippen LogP) is 5.76. The van der Waals surface area contributed by atoms with Gasteiger partial charge < -0.3 is 0 Å². The minimum atomic E-state index is 0.846. The normalized spacial score (nSPS) is 11.1. The van der Waals surface area contributed by atoms with E-state index in [0.29, 0.717) is 0 Å². The maximum atomic E-state index is 3.56. The number of hydrogen-bond acceptors (Lipinski definition) is 0. The SMILES string of the molecule is CCCc1ccc(CCC(CCBr)CCBr)cc1. The first-order valence-corrected chi connectivity index (χ1v) is 9.24. The van der Waals surface area contributed by atoms with E-state index in [9.17, 15) is 0 Å². The van der Waals surface area contributed by atoms with Crippen LogP contribution in [-0.4, -0.2) is 10.7 Å². The molecule has 0 radical (unpaired) electrons. The van der Waals surface area contributed by atoms with Gasteiger partial charge in [0.25, 0.3) is 0 Å². The molecule has 102 valence electrons. The molecule has 1 aromatic rings.